The highest BCUT2D eigenvalue weighted by atomic mass is 16.5. The summed E-state index contributed by atoms with van der Waals surface area (Å²) in [5, 5.41) is 30.7. The van der Waals surface area contributed by atoms with Crippen LogP contribution in [0.4, 0.5) is 0 Å². The lowest BCUT2D eigenvalue weighted by Crippen LogP contribution is -2.28. The number of aliphatic hydroxyl groups excluding tert-OH is 2. The summed E-state index contributed by atoms with van der Waals surface area (Å²) in [5.74, 6) is 0.247. The van der Waals surface area contributed by atoms with E-state index in [-0.39, 0.29) is 11.9 Å². The Balaban J connectivity index is 2.11. The quantitative estimate of drug-likeness (QED) is 0.463. The second kappa shape index (κ2) is 9.37. The van der Waals surface area contributed by atoms with Crippen LogP contribution in [0.3, 0.4) is 0 Å². The van der Waals surface area contributed by atoms with Crippen LogP contribution in [0.25, 0.3) is 0 Å². The van der Waals surface area contributed by atoms with E-state index in [1.54, 1.807) is 6.07 Å². The number of benzene rings is 1. The van der Waals surface area contributed by atoms with Gasteiger partial charge in [0.15, 0.2) is 0 Å². The molecular formula is C21H32O4. The van der Waals surface area contributed by atoms with Gasteiger partial charge in [-0.15, -0.1) is 0 Å². The van der Waals surface area contributed by atoms with Crippen molar-refractivity contribution in [3.8, 4) is 5.75 Å². The summed E-state index contributed by atoms with van der Waals surface area (Å²) in [4.78, 5) is 0. The Morgan fingerprint density at radius 1 is 1.24 bits per heavy atom. The molecule has 1 aromatic rings. The number of hydrogen-bond acceptors (Lipinski definition) is 4. The number of rotatable bonds is 9. The normalized spacial score (nSPS) is 18.7. The number of aliphatic hydroxyl groups is 2. The maximum atomic E-state index is 10.4. The number of ether oxygens (including phenoxy) is 1. The van der Waals surface area contributed by atoms with Gasteiger partial charge in [-0.3, -0.25) is 0 Å². The third kappa shape index (κ3) is 5.30. The topological polar surface area (TPSA) is 69.9 Å². The molecule has 0 aromatic heterocycles. The molecule has 0 saturated carbocycles. The fraction of sp³-hybridized carbons (Fsp3) is 0.619. The van der Waals surface area contributed by atoms with Crippen molar-refractivity contribution in [3.63, 3.8) is 0 Å². The van der Waals surface area contributed by atoms with Gasteiger partial charge in [0.1, 0.15) is 5.75 Å². The Morgan fingerprint density at radius 3 is 2.68 bits per heavy atom. The monoisotopic (exact) mass is 348 g/mol. The molecule has 2 rings (SSSR count). The summed E-state index contributed by atoms with van der Waals surface area (Å²) in [6.07, 6.45) is 5.15. The summed E-state index contributed by atoms with van der Waals surface area (Å²) in [6, 6.07) is 3.65. The van der Waals surface area contributed by atoms with Crippen molar-refractivity contribution in [2.45, 2.75) is 84.2 Å². The zero-order chi connectivity index (χ0) is 18.4. The molecule has 3 atom stereocenters. The summed E-state index contributed by atoms with van der Waals surface area (Å²) < 4.78 is 5.85. The lowest BCUT2D eigenvalue weighted by molar-refractivity contribution is -0.0340. The number of phenolic OH excluding ortho intramolecular Hbond substituents is 1. The van der Waals surface area contributed by atoms with Crippen LogP contribution in [0.1, 0.15) is 75.7 Å². The molecule has 4 heteroatoms. The molecule has 0 aliphatic carbocycles. The summed E-state index contributed by atoms with van der Waals surface area (Å²) in [5.41, 5.74) is 4.16. The maximum Gasteiger partial charge on any atom is 0.121 e. The van der Waals surface area contributed by atoms with Gasteiger partial charge in [0.25, 0.3) is 0 Å². The van der Waals surface area contributed by atoms with Crippen LogP contribution < -0.4 is 0 Å². The molecule has 0 saturated heterocycles. The van der Waals surface area contributed by atoms with E-state index >= 15 is 0 Å². The van der Waals surface area contributed by atoms with E-state index in [1.807, 2.05) is 6.07 Å². The van der Waals surface area contributed by atoms with Gasteiger partial charge in [0, 0.05) is 12.0 Å². The molecular weight excluding hydrogens is 316 g/mol. The number of fused-ring (bicyclic) bond motifs is 1. The first kappa shape index (κ1) is 20.0. The van der Waals surface area contributed by atoms with Crippen molar-refractivity contribution < 1.29 is 20.1 Å². The van der Waals surface area contributed by atoms with E-state index in [0.29, 0.717) is 19.4 Å². The van der Waals surface area contributed by atoms with Crippen molar-refractivity contribution in [2.75, 3.05) is 0 Å². The van der Waals surface area contributed by atoms with E-state index in [4.69, 9.17) is 4.74 Å². The number of allylic oxidation sites excluding steroid dienone is 2. The fourth-order valence-electron chi connectivity index (χ4n) is 3.37. The average molecular weight is 348 g/mol. The van der Waals surface area contributed by atoms with Crippen LogP contribution in [-0.4, -0.2) is 27.5 Å². The first-order chi connectivity index (χ1) is 11.9. The smallest absolute Gasteiger partial charge is 0.121 e. The van der Waals surface area contributed by atoms with Gasteiger partial charge < -0.3 is 20.1 Å². The molecule has 0 fully saturated rings. The van der Waals surface area contributed by atoms with Gasteiger partial charge in [-0.1, -0.05) is 43.9 Å². The Bertz CT molecular complexity index is 590. The van der Waals surface area contributed by atoms with Crippen LogP contribution in [0.2, 0.25) is 0 Å². The zero-order valence-corrected chi connectivity index (χ0v) is 15.7. The molecule has 1 aliphatic rings. The second-order valence-corrected chi connectivity index (χ2v) is 7.29. The summed E-state index contributed by atoms with van der Waals surface area (Å²) >= 11 is 0. The zero-order valence-electron chi connectivity index (χ0n) is 15.7. The lowest BCUT2D eigenvalue weighted by atomic mass is 9.91. The van der Waals surface area contributed by atoms with Crippen LogP contribution in [0.5, 0.6) is 5.75 Å². The first-order valence-electron chi connectivity index (χ1n) is 9.38. The van der Waals surface area contributed by atoms with E-state index in [1.165, 1.54) is 5.57 Å². The maximum absolute atomic E-state index is 10.4. The van der Waals surface area contributed by atoms with Crippen molar-refractivity contribution in [3.05, 3.63) is 40.5 Å². The van der Waals surface area contributed by atoms with E-state index in [9.17, 15) is 15.3 Å². The van der Waals surface area contributed by atoms with E-state index in [2.05, 4.69) is 26.8 Å². The fourth-order valence-corrected chi connectivity index (χ4v) is 3.37. The van der Waals surface area contributed by atoms with Crippen molar-refractivity contribution in [2.24, 2.45) is 0 Å². The third-order valence-electron chi connectivity index (χ3n) is 4.91. The van der Waals surface area contributed by atoms with Gasteiger partial charge in [0.05, 0.1) is 24.9 Å². The molecule has 4 nitrogen and oxygen atoms in total. The molecule has 1 aromatic carbocycles. The number of phenols is 1. The Kier molecular flexibility index (Phi) is 7.48. The van der Waals surface area contributed by atoms with Crippen LogP contribution in [0.15, 0.2) is 23.8 Å². The van der Waals surface area contributed by atoms with Gasteiger partial charge in [0.2, 0.25) is 0 Å². The lowest BCUT2D eigenvalue weighted by Gasteiger charge is -2.22. The molecule has 3 N–H and O–H groups in total. The molecule has 140 valence electrons. The predicted molar refractivity (Wildman–Crippen MR) is 99.5 cm³/mol. The predicted octanol–water partition coefficient (Wildman–Crippen LogP) is 4.16. The Hall–Kier alpha value is -1.36. The number of unbranched alkanes of at least 4 members (excludes halogenated alkanes) is 2. The van der Waals surface area contributed by atoms with Gasteiger partial charge in [-0.05, 0) is 43.9 Å². The first-order valence-corrected chi connectivity index (χ1v) is 9.38. The van der Waals surface area contributed by atoms with E-state index < -0.39 is 12.2 Å². The van der Waals surface area contributed by atoms with Gasteiger partial charge in [-0.2, -0.15) is 0 Å². The van der Waals surface area contributed by atoms with Crippen LogP contribution in [-0.2, 0) is 17.8 Å². The molecule has 1 aliphatic heterocycles. The molecule has 0 amide bonds. The van der Waals surface area contributed by atoms with Gasteiger partial charge in [-0.25, -0.2) is 0 Å². The van der Waals surface area contributed by atoms with E-state index in [0.717, 1.165) is 42.4 Å². The minimum Gasteiger partial charge on any atom is -0.508 e. The third-order valence-corrected chi connectivity index (χ3v) is 4.91. The largest absolute Gasteiger partial charge is 0.508 e. The van der Waals surface area contributed by atoms with Crippen LogP contribution >= 0.6 is 0 Å². The van der Waals surface area contributed by atoms with Crippen molar-refractivity contribution in [1.82, 2.24) is 0 Å². The second-order valence-electron chi connectivity index (χ2n) is 7.29. The van der Waals surface area contributed by atoms with Crippen molar-refractivity contribution >= 4 is 0 Å². The summed E-state index contributed by atoms with van der Waals surface area (Å²) in [7, 11) is 0. The molecule has 1 heterocycles. The average Bonchev–Trinajstić information content (AvgIpc) is 2.99. The SMILES string of the molecule is CCCCCC(O)C(O)CC1OCc2c(O)ccc(CC=C(C)C)c21. The number of aromatic hydroxyl groups is 1. The highest BCUT2D eigenvalue weighted by Gasteiger charge is 2.31. The van der Waals surface area contributed by atoms with Gasteiger partial charge >= 0.3 is 0 Å². The molecule has 0 bridgehead atoms. The minimum absolute atomic E-state index is 0.247. The van der Waals surface area contributed by atoms with Crippen LogP contribution in [0, 0.1) is 0 Å². The summed E-state index contributed by atoms with van der Waals surface area (Å²) in [6.45, 7) is 6.59. The number of hydrogen-bond donors (Lipinski definition) is 3. The molecule has 0 spiro atoms. The Morgan fingerprint density at radius 2 is 2.00 bits per heavy atom. The molecule has 3 unspecified atom stereocenters. The standard InChI is InChI=1S/C21H32O4/c1-4-5-6-7-18(23)19(24)12-20-21-15(9-8-14(2)3)10-11-17(22)16(21)13-25-20/h8,10-11,18-20,22-24H,4-7,9,12-13H2,1-3H3. The van der Waals surface area contributed by atoms with Crippen molar-refractivity contribution in [1.29, 1.82) is 0 Å². The highest BCUT2D eigenvalue weighted by Crippen LogP contribution is 2.41. The Labute approximate surface area is 151 Å². The minimum atomic E-state index is -0.813. The highest BCUT2D eigenvalue weighted by molar-refractivity contribution is 5.48. The molecule has 0 radical (unpaired) electrons. The molecule has 25 heavy (non-hydrogen) atoms.